The molecule has 3 aromatic rings. The van der Waals surface area contributed by atoms with Crippen LogP contribution in [0.1, 0.15) is 17.7 Å². The maximum atomic E-state index is 12.3. The average Bonchev–Trinajstić information content (AvgIpc) is 3.32. The van der Waals surface area contributed by atoms with Crippen molar-refractivity contribution in [2.75, 3.05) is 18.4 Å². The second-order valence-corrected chi connectivity index (χ2v) is 6.66. The summed E-state index contributed by atoms with van der Waals surface area (Å²) in [5.41, 5.74) is 2.27. The Hall–Kier alpha value is -3.09. The van der Waals surface area contributed by atoms with E-state index in [-0.39, 0.29) is 24.2 Å². The summed E-state index contributed by atoms with van der Waals surface area (Å²) in [4.78, 5) is 29.6. The Morgan fingerprint density at radius 1 is 1.42 bits per heavy atom. The molecule has 0 aliphatic carbocycles. The summed E-state index contributed by atoms with van der Waals surface area (Å²) in [5.74, 6) is 0.477. The minimum Gasteiger partial charge on any atom is -0.361 e. The van der Waals surface area contributed by atoms with Crippen LogP contribution in [0.15, 0.2) is 41.1 Å². The summed E-state index contributed by atoms with van der Waals surface area (Å²) >= 11 is 0. The van der Waals surface area contributed by atoms with Crippen molar-refractivity contribution in [2.24, 2.45) is 5.92 Å². The molecule has 7 heteroatoms. The predicted octanol–water partition coefficient (Wildman–Crippen LogP) is 2.49. The third kappa shape index (κ3) is 3.20. The van der Waals surface area contributed by atoms with Crippen molar-refractivity contribution in [2.45, 2.75) is 19.8 Å². The first-order valence-electron chi connectivity index (χ1n) is 8.67. The van der Waals surface area contributed by atoms with E-state index in [9.17, 15) is 9.59 Å². The number of aryl methyl sites for hydroxylation is 1. The second-order valence-electron chi connectivity index (χ2n) is 6.66. The summed E-state index contributed by atoms with van der Waals surface area (Å²) in [6, 6.07) is 9.76. The number of nitrogens with one attached hydrogen (secondary N) is 2. The van der Waals surface area contributed by atoms with Gasteiger partial charge in [0.25, 0.3) is 0 Å². The lowest BCUT2D eigenvalue weighted by atomic mass is 10.1. The number of hydrogen-bond donors (Lipinski definition) is 2. The molecule has 1 aromatic carbocycles. The van der Waals surface area contributed by atoms with E-state index in [2.05, 4.69) is 21.5 Å². The molecular weight excluding hydrogens is 332 g/mol. The lowest BCUT2D eigenvalue weighted by Gasteiger charge is -2.16. The van der Waals surface area contributed by atoms with Crippen LogP contribution in [0.25, 0.3) is 10.9 Å². The van der Waals surface area contributed by atoms with Crippen molar-refractivity contribution < 1.29 is 14.1 Å². The molecule has 0 saturated carbocycles. The molecule has 0 spiro atoms. The highest BCUT2D eigenvalue weighted by Crippen LogP contribution is 2.22. The molecule has 1 saturated heterocycles. The summed E-state index contributed by atoms with van der Waals surface area (Å²) in [7, 11) is 0. The number of hydrogen-bond acceptors (Lipinski definition) is 4. The van der Waals surface area contributed by atoms with Crippen LogP contribution in [-0.4, -0.2) is 39.9 Å². The monoisotopic (exact) mass is 352 g/mol. The third-order valence-corrected chi connectivity index (χ3v) is 4.79. The molecule has 26 heavy (non-hydrogen) atoms. The minimum absolute atomic E-state index is 0.0151. The van der Waals surface area contributed by atoms with E-state index in [4.69, 9.17) is 4.52 Å². The highest BCUT2D eigenvalue weighted by Gasteiger charge is 2.34. The van der Waals surface area contributed by atoms with Gasteiger partial charge in [0.2, 0.25) is 11.8 Å². The fourth-order valence-electron chi connectivity index (χ4n) is 3.41. The van der Waals surface area contributed by atoms with Gasteiger partial charge in [0.1, 0.15) is 5.76 Å². The van der Waals surface area contributed by atoms with Gasteiger partial charge in [0, 0.05) is 42.7 Å². The van der Waals surface area contributed by atoms with Gasteiger partial charge in [0.05, 0.1) is 5.92 Å². The van der Waals surface area contributed by atoms with Crippen LogP contribution < -0.4 is 5.32 Å². The molecule has 0 bridgehead atoms. The SMILES string of the molecule is Cc1cc(NC(=O)C2CC(=O)N(CCc3c[nH]c4ccccc34)C2)no1. The molecule has 1 atom stereocenters. The molecule has 1 fully saturated rings. The summed E-state index contributed by atoms with van der Waals surface area (Å²) in [6.07, 6.45) is 2.98. The van der Waals surface area contributed by atoms with E-state index >= 15 is 0 Å². The Bertz CT molecular complexity index is 959. The quantitative estimate of drug-likeness (QED) is 0.738. The number of para-hydroxylation sites is 1. The van der Waals surface area contributed by atoms with Crippen molar-refractivity contribution in [3.05, 3.63) is 47.9 Å². The Morgan fingerprint density at radius 3 is 3.08 bits per heavy atom. The van der Waals surface area contributed by atoms with Gasteiger partial charge in [-0.2, -0.15) is 0 Å². The standard InChI is InChI=1S/C19H20N4O3/c1-12-8-17(22-26-12)21-19(25)14-9-18(24)23(11-14)7-6-13-10-20-16-5-3-2-4-15(13)16/h2-5,8,10,14,20H,6-7,9,11H2,1H3,(H,21,22,25). The first kappa shape index (κ1) is 16.4. The van der Waals surface area contributed by atoms with Crippen LogP contribution in [0.2, 0.25) is 0 Å². The van der Waals surface area contributed by atoms with E-state index < -0.39 is 0 Å². The van der Waals surface area contributed by atoms with Crippen molar-refractivity contribution in [1.29, 1.82) is 0 Å². The number of fused-ring (bicyclic) bond motifs is 1. The van der Waals surface area contributed by atoms with Crippen LogP contribution in [0.5, 0.6) is 0 Å². The largest absolute Gasteiger partial charge is 0.361 e. The number of rotatable bonds is 5. The highest BCUT2D eigenvalue weighted by molar-refractivity contribution is 5.96. The zero-order chi connectivity index (χ0) is 18.1. The third-order valence-electron chi connectivity index (χ3n) is 4.79. The van der Waals surface area contributed by atoms with Crippen LogP contribution in [-0.2, 0) is 16.0 Å². The number of aromatic nitrogens is 2. The van der Waals surface area contributed by atoms with Gasteiger partial charge in [-0.3, -0.25) is 9.59 Å². The van der Waals surface area contributed by atoms with Crippen molar-refractivity contribution >= 4 is 28.5 Å². The number of anilines is 1. The van der Waals surface area contributed by atoms with Crippen molar-refractivity contribution in [3.63, 3.8) is 0 Å². The van der Waals surface area contributed by atoms with E-state index in [1.807, 2.05) is 24.4 Å². The molecule has 2 aromatic heterocycles. The molecule has 7 nitrogen and oxygen atoms in total. The first-order chi connectivity index (χ1) is 12.6. The molecule has 1 aliphatic rings. The Labute approximate surface area is 150 Å². The molecule has 2 N–H and O–H groups in total. The number of aromatic amines is 1. The number of benzene rings is 1. The summed E-state index contributed by atoms with van der Waals surface area (Å²) in [5, 5.41) is 7.64. The Morgan fingerprint density at radius 2 is 2.27 bits per heavy atom. The van der Waals surface area contributed by atoms with Crippen molar-refractivity contribution in [3.8, 4) is 0 Å². The highest BCUT2D eigenvalue weighted by atomic mass is 16.5. The lowest BCUT2D eigenvalue weighted by molar-refractivity contribution is -0.128. The van der Waals surface area contributed by atoms with Crippen molar-refractivity contribution in [1.82, 2.24) is 15.0 Å². The number of amides is 2. The van der Waals surface area contributed by atoms with E-state index in [1.165, 1.54) is 10.9 Å². The van der Waals surface area contributed by atoms with Gasteiger partial charge in [-0.25, -0.2) is 0 Å². The molecule has 0 radical (unpaired) electrons. The average molecular weight is 352 g/mol. The Balaban J connectivity index is 1.36. The van der Waals surface area contributed by atoms with Gasteiger partial charge in [-0.05, 0) is 25.0 Å². The number of nitrogens with zero attached hydrogens (tertiary/aromatic N) is 2. The van der Waals surface area contributed by atoms with Gasteiger partial charge < -0.3 is 19.7 Å². The Kier molecular flexibility index (Phi) is 4.20. The van der Waals surface area contributed by atoms with Crippen LogP contribution >= 0.6 is 0 Å². The first-order valence-corrected chi connectivity index (χ1v) is 8.67. The summed E-state index contributed by atoms with van der Waals surface area (Å²) in [6.45, 7) is 2.80. The molecule has 1 aliphatic heterocycles. The molecule has 4 rings (SSSR count). The fourth-order valence-corrected chi connectivity index (χ4v) is 3.41. The van der Waals surface area contributed by atoms with Crippen LogP contribution in [0.4, 0.5) is 5.82 Å². The molecule has 3 heterocycles. The lowest BCUT2D eigenvalue weighted by Crippen LogP contribution is -2.30. The van der Waals surface area contributed by atoms with Crippen LogP contribution in [0.3, 0.4) is 0 Å². The number of carbonyl (C=O) groups excluding carboxylic acids is 2. The van der Waals surface area contributed by atoms with E-state index in [1.54, 1.807) is 17.9 Å². The van der Waals surface area contributed by atoms with Crippen LogP contribution in [0, 0.1) is 12.8 Å². The maximum Gasteiger partial charge on any atom is 0.231 e. The van der Waals surface area contributed by atoms with E-state index in [0.717, 1.165) is 11.9 Å². The van der Waals surface area contributed by atoms with Gasteiger partial charge in [-0.15, -0.1) is 0 Å². The normalized spacial score (nSPS) is 17.2. The fraction of sp³-hybridized carbons (Fsp3) is 0.316. The minimum atomic E-state index is -0.359. The smallest absolute Gasteiger partial charge is 0.231 e. The zero-order valence-electron chi connectivity index (χ0n) is 14.5. The van der Waals surface area contributed by atoms with Gasteiger partial charge >= 0.3 is 0 Å². The number of H-pyrrole nitrogens is 1. The van der Waals surface area contributed by atoms with Gasteiger partial charge in [0.15, 0.2) is 5.82 Å². The maximum absolute atomic E-state index is 12.3. The number of carbonyl (C=O) groups is 2. The van der Waals surface area contributed by atoms with E-state index in [0.29, 0.717) is 24.7 Å². The topological polar surface area (TPSA) is 91.2 Å². The molecule has 1 unspecified atom stereocenters. The zero-order valence-corrected chi connectivity index (χ0v) is 14.5. The van der Waals surface area contributed by atoms with Gasteiger partial charge in [-0.1, -0.05) is 23.4 Å². The number of likely N-dealkylation sites (tertiary alicyclic amines) is 1. The molecule has 2 amide bonds. The molecule has 134 valence electrons. The predicted molar refractivity (Wildman–Crippen MR) is 96.6 cm³/mol. The summed E-state index contributed by atoms with van der Waals surface area (Å²) < 4.78 is 4.94. The second kappa shape index (κ2) is 6.67. The molecular formula is C19H20N4O3.